The maximum atomic E-state index is 12.1. The predicted octanol–water partition coefficient (Wildman–Crippen LogP) is 2.08. The number of halogens is 1. The lowest BCUT2D eigenvalue weighted by Gasteiger charge is -2.17. The van der Waals surface area contributed by atoms with Crippen LogP contribution in [0.4, 0.5) is 0 Å². The van der Waals surface area contributed by atoms with E-state index in [1.54, 1.807) is 30.3 Å². The van der Waals surface area contributed by atoms with Crippen molar-refractivity contribution < 1.29 is 19.1 Å². The lowest BCUT2D eigenvalue weighted by atomic mass is 10.1. The lowest BCUT2D eigenvalue weighted by molar-refractivity contribution is -0.144. The molecule has 1 atom stereocenters. The lowest BCUT2D eigenvalue weighted by Crippen LogP contribution is -2.47. The minimum absolute atomic E-state index is 0.236. The van der Waals surface area contributed by atoms with E-state index in [0.717, 1.165) is 10.0 Å². The Morgan fingerprint density at radius 2 is 1.81 bits per heavy atom. The highest BCUT2D eigenvalue weighted by atomic mass is 79.9. The Labute approximate surface area is 160 Å². The zero-order chi connectivity index (χ0) is 18.9. The molecule has 0 aliphatic rings. The summed E-state index contributed by atoms with van der Waals surface area (Å²) in [5.41, 5.74) is 1.32. The molecule has 2 aromatic carbocycles. The van der Waals surface area contributed by atoms with Crippen molar-refractivity contribution in [2.24, 2.45) is 0 Å². The van der Waals surface area contributed by atoms with Crippen molar-refractivity contribution in [3.05, 3.63) is 70.2 Å². The molecule has 2 N–H and O–H groups in total. The molecule has 26 heavy (non-hydrogen) atoms. The van der Waals surface area contributed by atoms with E-state index in [1.165, 1.54) is 7.11 Å². The zero-order valence-electron chi connectivity index (χ0n) is 14.2. The molecule has 2 aromatic rings. The molecular formula is C19H19BrN2O4. The van der Waals surface area contributed by atoms with Crippen LogP contribution in [0.5, 0.6) is 0 Å². The van der Waals surface area contributed by atoms with E-state index < -0.39 is 17.9 Å². The summed E-state index contributed by atoms with van der Waals surface area (Å²) in [5, 5.41) is 5.12. The smallest absolute Gasteiger partial charge is 0.328 e. The highest BCUT2D eigenvalue weighted by Gasteiger charge is 2.22. The van der Waals surface area contributed by atoms with Crippen LogP contribution in [0.1, 0.15) is 15.9 Å². The second kappa shape index (κ2) is 9.72. The Kier molecular flexibility index (Phi) is 7.35. The van der Waals surface area contributed by atoms with E-state index in [4.69, 9.17) is 4.74 Å². The van der Waals surface area contributed by atoms with Crippen molar-refractivity contribution in [3.8, 4) is 0 Å². The maximum absolute atomic E-state index is 12.1. The van der Waals surface area contributed by atoms with Crippen molar-refractivity contribution in [1.29, 1.82) is 0 Å². The summed E-state index contributed by atoms with van der Waals surface area (Å²) < 4.78 is 5.63. The zero-order valence-corrected chi connectivity index (χ0v) is 15.8. The summed E-state index contributed by atoms with van der Waals surface area (Å²) in [5.74, 6) is -1.38. The van der Waals surface area contributed by atoms with Gasteiger partial charge in [-0.05, 0) is 29.8 Å². The van der Waals surface area contributed by atoms with Gasteiger partial charge in [-0.2, -0.15) is 0 Å². The fraction of sp³-hybridized carbons (Fsp3) is 0.211. The minimum atomic E-state index is -0.838. The molecule has 7 heteroatoms. The molecule has 0 bridgehead atoms. The van der Waals surface area contributed by atoms with Gasteiger partial charge in [-0.3, -0.25) is 9.59 Å². The molecule has 0 aliphatic carbocycles. The summed E-state index contributed by atoms with van der Waals surface area (Å²) in [6.45, 7) is -0.236. The highest BCUT2D eigenvalue weighted by Crippen LogP contribution is 2.13. The first-order valence-electron chi connectivity index (χ1n) is 7.94. The summed E-state index contributed by atoms with van der Waals surface area (Å²) in [6.07, 6.45) is 0.282. The quantitative estimate of drug-likeness (QED) is 0.674. The number of esters is 1. The molecule has 0 spiro atoms. The average Bonchev–Trinajstić information content (AvgIpc) is 2.65. The Morgan fingerprint density at radius 3 is 2.46 bits per heavy atom. The van der Waals surface area contributed by atoms with E-state index in [2.05, 4.69) is 26.6 Å². The van der Waals surface area contributed by atoms with Crippen LogP contribution in [0.3, 0.4) is 0 Å². The van der Waals surface area contributed by atoms with Gasteiger partial charge in [0.15, 0.2) is 0 Å². The molecule has 0 aromatic heterocycles. The molecule has 6 nitrogen and oxygen atoms in total. The molecule has 2 amide bonds. The van der Waals surface area contributed by atoms with Gasteiger partial charge in [0.05, 0.1) is 13.7 Å². The van der Waals surface area contributed by atoms with E-state index in [9.17, 15) is 14.4 Å². The number of methoxy groups -OCH3 is 1. The van der Waals surface area contributed by atoms with Crippen molar-refractivity contribution in [2.75, 3.05) is 13.7 Å². The van der Waals surface area contributed by atoms with Gasteiger partial charge in [0.2, 0.25) is 5.91 Å². The number of nitrogens with one attached hydrogen (secondary N) is 2. The van der Waals surface area contributed by atoms with Crippen LogP contribution in [-0.2, 0) is 20.7 Å². The fourth-order valence-corrected chi connectivity index (χ4v) is 2.78. The second-order valence-electron chi connectivity index (χ2n) is 5.53. The monoisotopic (exact) mass is 418 g/mol. The van der Waals surface area contributed by atoms with Gasteiger partial charge in [0.25, 0.3) is 5.91 Å². The van der Waals surface area contributed by atoms with Crippen molar-refractivity contribution >= 4 is 33.7 Å². The summed E-state index contributed by atoms with van der Waals surface area (Å²) in [4.78, 5) is 36.0. The van der Waals surface area contributed by atoms with Crippen molar-refractivity contribution in [3.63, 3.8) is 0 Å². The third kappa shape index (κ3) is 6.00. The van der Waals surface area contributed by atoms with Gasteiger partial charge in [0.1, 0.15) is 6.04 Å². The molecule has 0 unspecified atom stereocenters. The Hall–Kier alpha value is -2.67. The average molecular weight is 419 g/mol. The maximum Gasteiger partial charge on any atom is 0.328 e. The first-order chi connectivity index (χ1) is 12.5. The van der Waals surface area contributed by atoms with Crippen LogP contribution >= 0.6 is 15.9 Å². The summed E-state index contributed by atoms with van der Waals surface area (Å²) in [7, 11) is 1.26. The molecule has 0 fully saturated rings. The van der Waals surface area contributed by atoms with Crippen LogP contribution in [0.15, 0.2) is 59.1 Å². The number of benzene rings is 2. The Bertz CT molecular complexity index is 780. The van der Waals surface area contributed by atoms with E-state index in [-0.39, 0.29) is 18.9 Å². The van der Waals surface area contributed by atoms with Gasteiger partial charge in [-0.15, -0.1) is 0 Å². The van der Waals surface area contributed by atoms with Gasteiger partial charge in [-0.25, -0.2) is 4.79 Å². The van der Waals surface area contributed by atoms with E-state index in [0.29, 0.717) is 5.56 Å². The molecule has 0 saturated carbocycles. The molecule has 136 valence electrons. The first-order valence-corrected chi connectivity index (χ1v) is 8.74. The van der Waals surface area contributed by atoms with Crippen LogP contribution < -0.4 is 10.6 Å². The van der Waals surface area contributed by atoms with Crippen molar-refractivity contribution in [2.45, 2.75) is 12.5 Å². The summed E-state index contributed by atoms with van der Waals surface area (Å²) in [6, 6.07) is 15.2. The molecule has 0 saturated heterocycles. The molecular weight excluding hydrogens is 400 g/mol. The van der Waals surface area contributed by atoms with Crippen molar-refractivity contribution in [1.82, 2.24) is 10.6 Å². The van der Waals surface area contributed by atoms with Gasteiger partial charge < -0.3 is 15.4 Å². The number of carbonyl (C=O) groups is 3. The largest absolute Gasteiger partial charge is 0.467 e. The molecule has 0 radical (unpaired) electrons. The van der Waals surface area contributed by atoms with E-state index in [1.807, 2.05) is 24.3 Å². The van der Waals surface area contributed by atoms with Gasteiger partial charge in [-0.1, -0.05) is 46.3 Å². The van der Waals surface area contributed by atoms with Crippen LogP contribution in [-0.4, -0.2) is 37.5 Å². The van der Waals surface area contributed by atoms with E-state index >= 15 is 0 Å². The Balaban J connectivity index is 1.93. The van der Waals surface area contributed by atoms with Crippen LogP contribution in [0.2, 0.25) is 0 Å². The summed E-state index contributed by atoms with van der Waals surface area (Å²) >= 11 is 3.37. The number of carbonyl (C=O) groups excluding carboxylic acids is 3. The minimum Gasteiger partial charge on any atom is -0.467 e. The standard InChI is InChI=1S/C19H19BrN2O4/c1-26-19(25)16(11-13-6-5-9-15(20)10-13)22-17(23)12-21-18(24)14-7-3-2-4-8-14/h2-10,16H,11-12H2,1H3,(H,21,24)(H,22,23)/t16-/m0/s1. The Morgan fingerprint density at radius 1 is 1.08 bits per heavy atom. The third-order valence-electron chi connectivity index (χ3n) is 3.60. The SMILES string of the molecule is COC(=O)[C@H](Cc1cccc(Br)c1)NC(=O)CNC(=O)c1ccccc1. The number of hydrogen-bond donors (Lipinski definition) is 2. The van der Waals surface area contributed by atoms with Crippen LogP contribution in [0, 0.1) is 0 Å². The molecule has 2 rings (SSSR count). The normalized spacial score (nSPS) is 11.3. The predicted molar refractivity (Wildman–Crippen MR) is 101 cm³/mol. The topological polar surface area (TPSA) is 84.5 Å². The molecule has 0 aliphatic heterocycles. The van der Waals surface area contributed by atoms with Crippen LogP contribution in [0.25, 0.3) is 0 Å². The third-order valence-corrected chi connectivity index (χ3v) is 4.09. The number of ether oxygens (including phenoxy) is 1. The van der Waals surface area contributed by atoms with Gasteiger partial charge in [0, 0.05) is 16.5 Å². The molecule has 0 heterocycles. The first kappa shape index (κ1) is 19.7. The number of rotatable bonds is 7. The van der Waals surface area contributed by atoms with Gasteiger partial charge >= 0.3 is 5.97 Å². The number of amides is 2. The number of hydrogen-bond acceptors (Lipinski definition) is 4. The second-order valence-corrected chi connectivity index (χ2v) is 6.44. The fourth-order valence-electron chi connectivity index (χ4n) is 2.33. The highest BCUT2D eigenvalue weighted by molar-refractivity contribution is 9.10.